The SMILES string of the molecule is CC[C@H](C(=O)N[C@@H](C)CC)N(Cc1ccccc1)C(=O)Cc1ccc(Cl)cc1. The molecule has 0 spiro atoms. The maximum Gasteiger partial charge on any atom is 0.243 e. The van der Waals surface area contributed by atoms with E-state index in [2.05, 4.69) is 5.32 Å². The first-order valence-corrected chi connectivity index (χ1v) is 10.2. The topological polar surface area (TPSA) is 49.4 Å². The summed E-state index contributed by atoms with van der Waals surface area (Å²) in [7, 11) is 0. The average molecular weight is 401 g/mol. The highest BCUT2D eigenvalue weighted by molar-refractivity contribution is 6.30. The molecule has 1 N–H and O–H groups in total. The molecule has 2 amide bonds. The fraction of sp³-hybridized carbons (Fsp3) is 0.391. The minimum Gasteiger partial charge on any atom is -0.352 e. The quantitative estimate of drug-likeness (QED) is 0.668. The van der Waals surface area contributed by atoms with E-state index in [0.717, 1.165) is 17.5 Å². The minimum absolute atomic E-state index is 0.0719. The summed E-state index contributed by atoms with van der Waals surface area (Å²) in [6.45, 7) is 6.34. The molecule has 0 aliphatic rings. The van der Waals surface area contributed by atoms with Crippen molar-refractivity contribution in [2.24, 2.45) is 0 Å². The highest BCUT2D eigenvalue weighted by atomic mass is 35.5. The number of rotatable bonds is 9. The lowest BCUT2D eigenvalue weighted by Crippen LogP contribution is -2.51. The van der Waals surface area contributed by atoms with Crippen LogP contribution in [-0.4, -0.2) is 28.8 Å². The van der Waals surface area contributed by atoms with Crippen LogP contribution < -0.4 is 5.32 Å². The molecule has 0 aliphatic heterocycles. The summed E-state index contributed by atoms with van der Waals surface area (Å²) in [6.07, 6.45) is 1.64. The zero-order valence-electron chi connectivity index (χ0n) is 16.8. The first-order chi connectivity index (χ1) is 13.4. The third-order valence-corrected chi connectivity index (χ3v) is 5.10. The van der Waals surface area contributed by atoms with Gasteiger partial charge in [-0.2, -0.15) is 0 Å². The molecule has 0 unspecified atom stereocenters. The molecule has 0 radical (unpaired) electrons. The molecule has 4 nitrogen and oxygen atoms in total. The summed E-state index contributed by atoms with van der Waals surface area (Å²) in [5.41, 5.74) is 1.88. The number of nitrogens with one attached hydrogen (secondary N) is 1. The van der Waals surface area contributed by atoms with Gasteiger partial charge in [-0.3, -0.25) is 9.59 Å². The number of nitrogens with zero attached hydrogens (tertiary/aromatic N) is 1. The van der Waals surface area contributed by atoms with Crippen LogP contribution in [0.25, 0.3) is 0 Å². The van der Waals surface area contributed by atoms with Gasteiger partial charge in [-0.05, 0) is 43.0 Å². The van der Waals surface area contributed by atoms with Gasteiger partial charge in [-0.15, -0.1) is 0 Å². The maximum absolute atomic E-state index is 13.2. The molecule has 0 saturated carbocycles. The number of hydrogen-bond acceptors (Lipinski definition) is 2. The van der Waals surface area contributed by atoms with Gasteiger partial charge in [0.15, 0.2) is 0 Å². The van der Waals surface area contributed by atoms with E-state index >= 15 is 0 Å². The van der Waals surface area contributed by atoms with Crippen LogP contribution in [0.2, 0.25) is 5.02 Å². The van der Waals surface area contributed by atoms with Crippen molar-refractivity contribution in [1.82, 2.24) is 10.2 Å². The van der Waals surface area contributed by atoms with Crippen LogP contribution in [0.3, 0.4) is 0 Å². The summed E-state index contributed by atoms with van der Waals surface area (Å²) in [5.74, 6) is -0.172. The van der Waals surface area contributed by atoms with Crippen molar-refractivity contribution in [1.29, 1.82) is 0 Å². The fourth-order valence-corrected chi connectivity index (χ4v) is 3.15. The van der Waals surface area contributed by atoms with Gasteiger partial charge in [0, 0.05) is 17.6 Å². The van der Waals surface area contributed by atoms with Gasteiger partial charge >= 0.3 is 0 Å². The van der Waals surface area contributed by atoms with Crippen molar-refractivity contribution in [3.63, 3.8) is 0 Å². The zero-order valence-corrected chi connectivity index (χ0v) is 17.6. The normalized spacial score (nSPS) is 12.9. The number of hydrogen-bond donors (Lipinski definition) is 1. The van der Waals surface area contributed by atoms with Gasteiger partial charge in [0.2, 0.25) is 11.8 Å². The molecule has 5 heteroatoms. The third kappa shape index (κ3) is 6.38. The van der Waals surface area contributed by atoms with E-state index in [9.17, 15) is 9.59 Å². The van der Waals surface area contributed by atoms with Gasteiger partial charge in [0.1, 0.15) is 6.04 Å². The van der Waals surface area contributed by atoms with Crippen molar-refractivity contribution < 1.29 is 9.59 Å². The van der Waals surface area contributed by atoms with Gasteiger partial charge < -0.3 is 10.2 Å². The number of halogens is 1. The molecule has 0 fully saturated rings. The van der Waals surface area contributed by atoms with E-state index in [1.54, 1.807) is 17.0 Å². The number of carbonyl (C=O) groups is 2. The van der Waals surface area contributed by atoms with Crippen molar-refractivity contribution in [2.45, 2.75) is 58.7 Å². The Bertz CT molecular complexity index is 762. The second-order valence-electron chi connectivity index (χ2n) is 7.05. The van der Waals surface area contributed by atoms with Crippen LogP contribution in [0.4, 0.5) is 0 Å². The van der Waals surface area contributed by atoms with Gasteiger partial charge in [0.25, 0.3) is 0 Å². The van der Waals surface area contributed by atoms with Crippen LogP contribution in [0.1, 0.15) is 44.7 Å². The van der Waals surface area contributed by atoms with E-state index in [1.165, 1.54) is 0 Å². The zero-order chi connectivity index (χ0) is 20.5. The van der Waals surface area contributed by atoms with Crippen LogP contribution >= 0.6 is 11.6 Å². The Morgan fingerprint density at radius 3 is 2.18 bits per heavy atom. The second kappa shape index (κ2) is 10.9. The molecule has 2 aromatic carbocycles. The van der Waals surface area contributed by atoms with Crippen molar-refractivity contribution in [3.8, 4) is 0 Å². The molecule has 0 saturated heterocycles. The summed E-state index contributed by atoms with van der Waals surface area (Å²) >= 11 is 5.95. The standard InChI is InChI=1S/C23H29ClN2O2/c1-4-17(3)25-23(28)21(5-2)26(16-19-9-7-6-8-10-19)22(27)15-18-11-13-20(24)14-12-18/h6-14,17,21H,4-5,15-16H2,1-3H3,(H,25,28)/t17-,21+/m0/s1. The molecule has 150 valence electrons. The third-order valence-electron chi connectivity index (χ3n) is 4.85. The Balaban J connectivity index is 2.24. The Kier molecular flexibility index (Phi) is 8.52. The van der Waals surface area contributed by atoms with E-state index in [1.807, 2.05) is 63.2 Å². The molecule has 0 aromatic heterocycles. The molecule has 28 heavy (non-hydrogen) atoms. The van der Waals surface area contributed by atoms with Crippen LogP contribution in [0.15, 0.2) is 54.6 Å². The molecule has 2 aromatic rings. The molecule has 0 aliphatic carbocycles. The highest BCUT2D eigenvalue weighted by Gasteiger charge is 2.29. The monoisotopic (exact) mass is 400 g/mol. The van der Waals surface area contributed by atoms with E-state index in [0.29, 0.717) is 18.0 Å². The van der Waals surface area contributed by atoms with E-state index < -0.39 is 6.04 Å². The average Bonchev–Trinajstić information content (AvgIpc) is 2.70. The lowest BCUT2D eigenvalue weighted by molar-refractivity contribution is -0.141. The van der Waals surface area contributed by atoms with Crippen LogP contribution in [0.5, 0.6) is 0 Å². The first-order valence-electron chi connectivity index (χ1n) is 9.82. The first kappa shape index (κ1) is 22.0. The molecule has 2 rings (SSSR count). The molecule has 0 bridgehead atoms. The van der Waals surface area contributed by atoms with E-state index in [4.69, 9.17) is 11.6 Å². The fourth-order valence-electron chi connectivity index (χ4n) is 3.02. The number of amides is 2. The van der Waals surface area contributed by atoms with Crippen molar-refractivity contribution in [2.75, 3.05) is 0 Å². The summed E-state index contributed by atoms with van der Waals surface area (Å²) in [5, 5.41) is 3.66. The Hall–Kier alpha value is -2.33. The van der Waals surface area contributed by atoms with Crippen molar-refractivity contribution >= 4 is 23.4 Å². The lowest BCUT2D eigenvalue weighted by atomic mass is 10.1. The highest BCUT2D eigenvalue weighted by Crippen LogP contribution is 2.16. The molecule has 0 heterocycles. The molecule has 2 atom stereocenters. The minimum atomic E-state index is -0.506. The van der Waals surface area contributed by atoms with Gasteiger partial charge in [0.05, 0.1) is 6.42 Å². The molecular weight excluding hydrogens is 372 g/mol. The Morgan fingerprint density at radius 1 is 0.964 bits per heavy atom. The Morgan fingerprint density at radius 2 is 1.61 bits per heavy atom. The van der Waals surface area contributed by atoms with Crippen LogP contribution in [0, 0.1) is 0 Å². The summed E-state index contributed by atoms with van der Waals surface area (Å²) in [6, 6.07) is 16.6. The van der Waals surface area contributed by atoms with Crippen molar-refractivity contribution in [3.05, 3.63) is 70.7 Å². The number of carbonyl (C=O) groups excluding carboxylic acids is 2. The smallest absolute Gasteiger partial charge is 0.243 e. The summed E-state index contributed by atoms with van der Waals surface area (Å²) in [4.78, 5) is 27.7. The maximum atomic E-state index is 13.2. The largest absolute Gasteiger partial charge is 0.352 e. The molecular formula is C23H29ClN2O2. The van der Waals surface area contributed by atoms with Crippen LogP contribution in [-0.2, 0) is 22.6 Å². The lowest BCUT2D eigenvalue weighted by Gasteiger charge is -2.31. The van der Waals surface area contributed by atoms with E-state index in [-0.39, 0.29) is 24.3 Å². The Labute approximate surface area is 172 Å². The predicted octanol–water partition coefficient (Wildman–Crippen LogP) is 4.60. The van der Waals surface area contributed by atoms with Gasteiger partial charge in [-0.25, -0.2) is 0 Å². The van der Waals surface area contributed by atoms with Gasteiger partial charge in [-0.1, -0.05) is 67.9 Å². The number of benzene rings is 2. The second-order valence-corrected chi connectivity index (χ2v) is 7.49. The predicted molar refractivity (Wildman–Crippen MR) is 114 cm³/mol. The summed E-state index contributed by atoms with van der Waals surface area (Å²) < 4.78 is 0.